The molecule has 0 spiro atoms. The van der Waals surface area contributed by atoms with Crippen LogP contribution in [0.1, 0.15) is 45.1 Å². The minimum atomic E-state index is 0.621. The Kier molecular flexibility index (Phi) is 5.72. The molecule has 20 heavy (non-hydrogen) atoms. The first kappa shape index (κ1) is 15.2. The molecule has 1 aliphatic rings. The van der Waals surface area contributed by atoms with Crippen molar-refractivity contribution in [1.29, 1.82) is 0 Å². The van der Waals surface area contributed by atoms with Crippen LogP contribution in [0.2, 0.25) is 0 Å². The quantitative estimate of drug-likeness (QED) is 0.745. The first-order valence-electron chi connectivity index (χ1n) is 7.79. The number of methoxy groups -OCH3 is 1. The zero-order valence-corrected chi connectivity index (χ0v) is 12.9. The zero-order chi connectivity index (χ0) is 14.4. The minimum Gasteiger partial charge on any atom is -0.493 e. The lowest BCUT2D eigenvalue weighted by Gasteiger charge is -2.16. The Morgan fingerprint density at radius 3 is 2.55 bits per heavy atom. The molecule has 0 atom stereocenters. The number of hydrogen-bond donors (Lipinski definition) is 1. The maximum absolute atomic E-state index is 5.92. The van der Waals surface area contributed by atoms with E-state index in [-0.39, 0.29) is 0 Å². The van der Waals surface area contributed by atoms with Gasteiger partial charge in [0, 0.05) is 12.6 Å². The molecule has 1 fully saturated rings. The lowest BCUT2D eigenvalue weighted by atomic mass is 10.1. The highest BCUT2D eigenvalue weighted by Gasteiger charge is 2.20. The summed E-state index contributed by atoms with van der Waals surface area (Å²) in [6, 6.07) is 6.97. The Labute approximate surface area is 122 Å². The van der Waals surface area contributed by atoms with Gasteiger partial charge in [0.05, 0.1) is 13.7 Å². The van der Waals surface area contributed by atoms with E-state index in [4.69, 9.17) is 9.47 Å². The van der Waals surface area contributed by atoms with E-state index in [2.05, 4.69) is 31.3 Å². The smallest absolute Gasteiger partial charge is 0.161 e. The van der Waals surface area contributed by atoms with Gasteiger partial charge in [-0.2, -0.15) is 0 Å². The van der Waals surface area contributed by atoms with Gasteiger partial charge in [-0.1, -0.05) is 32.8 Å². The van der Waals surface area contributed by atoms with E-state index in [0.29, 0.717) is 5.92 Å². The van der Waals surface area contributed by atoms with E-state index in [1.165, 1.54) is 18.4 Å². The molecule has 0 saturated heterocycles. The fourth-order valence-corrected chi connectivity index (χ4v) is 2.22. The highest BCUT2D eigenvalue weighted by atomic mass is 16.5. The van der Waals surface area contributed by atoms with E-state index in [1.807, 2.05) is 6.07 Å². The van der Waals surface area contributed by atoms with Crippen LogP contribution in [0, 0.1) is 5.92 Å². The maximum Gasteiger partial charge on any atom is 0.161 e. The van der Waals surface area contributed by atoms with Crippen LogP contribution >= 0.6 is 0 Å². The molecule has 1 saturated carbocycles. The molecule has 3 nitrogen and oxygen atoms in total. The van der Waals surface area contributed by atoms with Gasteiger partial charge in [-0.3, -0.25) is 0 Å². The third-order valence-corrected chi connectivity index (χ3v) is 4.03. The van der Waals surface area contributed by atoms with Gasteiger partial charge in [0.1, 0.15) is 0 Å². The monoisotopic (exact) mass is 277 g/mol. The summed E-state index contributed by atoms with van der Waals surface area (Å²) in [5, 5.41) is 3.52. The normalized spacial score (nSPS) is 14.6. The molecular weight excluding hydrogens is 250 g/mol. The molecule has 3 heteroatoms. The Balaban J connectivity index is 1.93. The number of benzene rings is 1. The fraction of sp³-hybridized carbons (Fsp3) is 0.647. The average molecular weight is 277 g/mol. The van der Waals surface area contributed by atoms with E-state index in [9.17, 15) is 0 Å². The van der Waals surface area contributed by atoms with Crippen LogP contribution < -0.4 is 14.8 Å². The lowest BCUT2D eigenvalue weighted by Crippen LogP contribution is -2.15. The summed E-state index contributed by atoms with van der Waals surface area (Å²) in [6.07, 6.45) is 4.94. The van der Waals surface area contributed by atoms with E-state index in [0.717, 1.165) is 43.5 Å². The van der Waals surface area contributed by atoms with E-state index < -0.39 is 0 Å². The molecule has 0 unspecified atom stereocenters. The van der Waals surface area contributed by atoms with Crippen LogP contribution in [0.15, 0.2) is 18.2 Å². The summed E-state index contributed by atoms with van der Waals surface area (Å²) in [7, 11) is 1.71. The predicted molar refractivity (Wildman–Crippen MR) is 82.4 cm³/mol. The van der Waals surface area contributed by atoms with Gasteiger partial charge in [0.15, 0.2) is 11.5 Å². The minimum absolute atomic E-state index is 0.621. The summed E-state index contributed by atoms with van der Waals surface area (Å²) < 4.78 is 11.4. The van der Waals surface area contributed by atoms with Crippen molar-refractivity contribution >= 4 is 0 Å². The molecule has 0 bridgehead atoms. The fourth-order valence-electron chi connectivity index (χ4n) is 2.22. The Morgan fingerprint density at radius 1 is 1.20 bits per heavy atom. The van der Waals surface area contributed by atoms with Crippen molar-refractivity contribution in [2.45, 2.75) is 52.1 Å². The van der Waals surface area contributed by atoms with Crippen molar-refractivity contribution in [3.63, 3.8) is 0 Å². The first-order chi connectivity index (χ1) is 9.76. The molecule has 0 aliphatic heterocycles. The van der Waals surface area contributed by atoms with Crippen LogP contribution in [0.5, 0.6) is 11.5 Å². The van der Waals surface area contributed by atoms with Crippen LogP contribution in [-0.4, -0.2) is 19.8 Å². The van der Waals surface area contributed by atoms with Gasteiger partial charge in [-0.25, -0.2) is 0 Å². The Hall–Kier alpha value is -1.22. The second kappa shape index (κ2) is 7.53. The van der Waals surface area contributed by atoms with Crippen LogP contribution in [0.3, 0.4) is 0 Å². The van der Waals surface area contributed by atoms with E-state index in [1.54, 1.807) is 7.11 Å². The van der Waals surface area contributed by atoms with Crippen molar-refractivity contribution in [3.8, 4) is 11.5 Å². The average Bonchev–Trinajstić information content (AvgIpc) is 3.31. The predicted octanol–water partition coefficient (Wildman–Crippen LogP) is 3.76. The molecule has 0 amide bonds. The number of nitrogens with one attached hydrogen (secondary N) is 1. The second-order valence-corrected chi connectivity index (χ2v) is 5.63. The molecule has 1 aromatic rings. The number of ether oxygens (including phenoxy) is 2. The first-order valence-corrected chi connectivity index (χ1v) is 7.79. The van der Waals surface area contributed by atoms with Gasteiger partial charge in [0.2, 0.25) is 0 Å². The van der Waals surface area contributed by atoms with Gasteiger partial charge in [0.25, 0.3) is 0 Å². The van der Waals surface area contributed by atoms with Crippen LogP contribution in [-0.2, 0) is 6.54 Å². The van der Waals surface area contributed by atoms with Crippen molar-refractivity contribution in [2.75, 3.05) is 13.7 Å². The third kappa shape index (κ3) is 4.41. The standard InChI is InChI=1S/C17H27NO2/c1-4-13(5-2)12-20-16-9-6-14(10-17(16)19-3)11-18-15-7-8-15/h6,9-10,13,15,18H,4-5,7-8,11-12H2,1-3H3. The highest BCUT2D eigenvalue weighted by Crippen LogP contribution is 2.29. The third-order valence-electron chi connectivity index (χ3n) is 4.03. The number of rotatable bonds is 9. The topological polar surface area (TPSA) is 30.5 Å². The maximum atomic E-state index is 5.92. The van der Waals surface area contributed by atoms with Gasteiger partial charge < -0.3 is 14.8 Å². The summed E-state index contributed by atoms with van der Waals surface area (Å²) in [5.41, 5.74) is 1.25. The SMILES string of the molecule is CCC(CC)COc1ccc(CNC2CC2)cc1OC. The summed E-state index contributed by atoms with van der Waals surface area (Å²) >= 11 is 0. The summed E-state index contributed by atoms with van der Waals surface area (Å²) in [4.78, 5) is 0. The molecule has 112 valence electrons. The molecular formula is C17H27NO2. The van der Waals surface area contributed by atoms with Crippen molar-refractivity contribution in [1.82, 2.24) is 5.32 Å². The van der Waals surface area contributed by atoms with Crippen LogP contribution in [0.25, 0.3) is 0 Å². The highest BCUT2D eigenvalue weighted by molar-refractivity contribution is 5.43. The molecule has 0 heterocycles. The number of hydrogen-bond acceptors (Lipinski definition) is 3. The van der Waals surface area contributed by atoms with Crippen molar-refractivity contribution < 1.29 is 9.47 Å². The molecule has 0 aromatic heterocycles. The molecule has 1 aromatic carbocycles. The van der Waals surface area contributed by atoms with E-state index >= 15 is 0 Å². The molecule has 2 rings (SSSR count). The largest absolute Gasteiger partial charge is 0.493 e. The van der Waals surface area contributed by atoms with Gasteiger partial charge >= 0.3 is 0 Å². The summed E-state index contributed by atoms with van der Waals surface area (Å²) in [6.45, 7) is 6.10. The molecule has 1 aliphatic carbocycles. The van der Waals surface area contributed by atoms with Gasteiger partial charge in [-0.05, 0) is 36.5 Å². The second-order valence-electron chi connectivity index (χ2n) is 5.63. The van der Waals surface area contributed by atoms with Crippen molar-refractivity contribution in [2.24, 2.45) is 5.92 Å². The van der Waals surface area contributed by atoms with Crippen molar-refractivity contribution in [3.05, 3.63) is 23.8 Å². The van der Waals surface area contributed by atoms with Gasteiger partial charge in [-0.15, -0.1) is 0 Å². The summed E-state index contributed by atoms with van der Waals surface area (Å²) in [5.74, 6) is 2.32. The lowest BCUT2D eigenvalue weighted by molar-refractivity contribution is 0.230. The molecule has 1 N–H and O–H groups in total. The van der Waals surface area contributed by atoms with Crippen LogP contribution in [0.4, 0.5) is 0 Å². The molecule has 0 radical (unpaired) electrons. The Bertz CT molecular complexity index is 411. The Morgan fingerprint density at radius 2 is 1.95 bits per heavy atom. The zero-order valence-electron chi connectivity index (χ0n) is 12.9.